The van der Waals surface area contributed by atoms with Gasteiger partial charge in [0.15, 0.2) is 0 Å². The fourth-order valence-corrected chi connectivity index (χ4v) is 1.64. The lowest BCUT2D eigenvalue weighted by atomic mass is 9.87. The third-order valence-electron chi connectivity index (χ3n) is 2.77. The maximum Gasteiger partial charge on any atom is 0.126 e. The van der Waals surface area contributed by atoms with Gasteiger partial charge in [0.25, 0.3) is 0 Å². The second-order valence-corrected chi connectivity index (χ2v) is 5.43. The first-order chi connectivity index (χ1) is 7.35. The standard InChI is InChI=1S/C11H23N5/c1-11(2,3)6-5-9(15-13)8-7-14-16(4)10(8)12/h7,9,15H,5-6,12-13H2,1-4H3. The number of nitrogens with one attached hydrogen (secondary N) is 1. The van der Waals surface area contributed by atoms with Crippen molar-refractivity contribution in [3.63, 3.8) is 0 Å². The summed E-state index contributed by atoms with van der Waals surface area (Å²) in [5.41, 5.74) is 10.0. The lowest BCUT2D eigenvalue weighted by Crippen LogP contribution is -2.29. The van der Waals surface area contributed by atoms with Gasteiger partial charge in [-0.25, -0.2) is 0 Å². The van der Waals surface area contributed by atoms with E-state index >= 15 is 0 Å². The summed E-state index contributed by atoms with van der Waals surface area (Å²) in [4.78, 5) is 0. The number of nitrogens with zero attached hydrogens (tertiary/aromatic N) is 2. The van der Waals surface area contributed by atoms with Crippen molar-refractivity contribution < 1.29 is 0 Å². The molecule has 16 heavy (non-hydrogen) atoms. The molecule has 0 amide bonds. The molecule has 0 spiro atoms. The van der Waals surface area contributed by atoms with E-state index in [2.05, 4.69) is 31.3 Å². The van der Waals surface area contributed by atoms with Crippen molar-refractivity contribution in [1.82, 2.24) is 15.2 Å². The van der Waals surface area contributed by atoms with Gasteiger partial charge < -0.3 is 5.73 Å². The minimum Gasteiger partial charge on any atom is -0.384 e. The summed E-state index contributed by atoms with van der Waals surface area (Å²) < 4.78 is 1.66. The molecule has 1 aromatic heterocycles. The van der Waals surface area contributed by atoms with Crippen LogP contribution in [-0.4, -0.2) is 9.78 Å². The molecule has 0 fully saturated rings. The van der Waals surface area contributed by atoms with Crippen LogP contribution in [0.2, 0.25) is 0 Å². The number of hydrazine groups is 1. The summed E-state index contributed by atoms with van der Waals surface area (Å²) in [7, 11) is 1.83. The highest BCUT2D eigenvalue weighted by molar-refractivity contribution is 5.40. The number of rotatable bonds is 4. The van der Waals surface area contributed by atoms with E-state index < -0.39 is 0 Å². The van der Waals surface area contributed by atoms with Crippen LogP contribution >= 0.6 is 0 Å². The van der Waals surface area contributed by atoms with Crippen molar-refractivity contribution in [3.8, 4) is 0 Å². The fourth-order valence-electron chi connectivity index (χ4n) is 1.64. The Morgan fingerprint density at radius 2 is 2.12 bits per heavy atom. The summed E-state index contributed by atoms with van der Waals surface area (Å²) in [5, 5.41) is 4.13. The first kappa shape index (κ1) is 13.0. The Balaban J connectivity index is 2.72. The molecule has 0 aliphatic rings. The minimum atomic E-state index is 0.0768. The van der Waals surface area contributed by atoms with E-state index in [4.69, 9.17) is 11.6 Å². The normalized spacial score (nSPS) is 14.1. The van der Waals surface area contributed by atoms with Crippen molar-refractivity contribution in [2.75, 3.05) is 5.73 Å². The Morgan fingerprint density at radius 1 is 1.50 bits per heavy atom. The second kappa shape index (κ2) is 4.84. The number of anilines is 1. The number of hydrogen-bond donors (Lipinski definition) is 3. The Kier molecular flexibility index (Phi) is 3.93. The van der Waals surface area contributed by atoms with Gasteiger partial charge in [0, 0.05) is 12.6 Å². The summed E-state index contributed by atoms with van der Waals surface area (Å²) in [6, 6.07) is 0.0768. The maximum absolute atomic E-state index is 5.92. The van der Waals surface area contributed by atoms with Gasteiger partial charge in [-0.3, -0.25) is 16.0 Å². The molecule has 5 nitrogen and oxygen atoms in total. The van der Waals surface area contributed by atoms with Gasteiger partial charge in [0.05, 0.1) is 12.2 Å². The van der Waals surface area contributed by atoms with E-state index in [1.54, 1.807) is 10.9 Å². The largest absolute Gasteiger partial charge is 0.384 e. The van der Waals surface area contributed by atoms with Crippen LogP contribution < -0.4 is 17.0 Å². The van der Waals surface area contributed by atoms with Crippen LogP contribution in [0.4, 0.5) is 5.82 Å². The number of hydrogen-bond acceptors (Lipinski definition) is 4. The van der Waals surface area contributed by atoms with Crippen molar-refractivity contribution in [2.45, 2.75) is 39.7 Å². The SMILES string of the molecule is Cn1ncc(C(CCC(C)(C)C)NN)c1N. The van der Waals surface area contributed by atoms with Gasteiger partial charge in [-0.05, 0) is 18.3 Å². The van der Waals surface area contributed by atoms with E-state index in [9.17, 15) is 0 Å². The molecule has 5 N–H and O–H groups in total. The summed E-state index contributed by atoms with van der Waals surface area (Å²) >= 11 is 0. The average molecular weight is 225 g/mol. The van der Waals surface area contributed by atoms with Crippen LogP contribution in [0.15, 0.2) is 6.20 Å². The number of aromatic nitrogens is 2. The van der Waals surface area contributed by atoms with Gasteiger partial charge in [-0.2, -0.15) is 5.10 Å². The molecule has 0 aliphatic heterocycles. The number of nitrogen functional groups attached to an aromatic ring is 1. The molecule has 1 rings (SSSR count). The Labute approximate surface area is 97.2 Å². The fraction of sp³-hybridized carbons (Fsp3) is 0.727. The zero-order valence-corrected chi connectivity index (χ0v) is 10.6. The highest BCUT2D eigenvalue weighted by Gasteiger charge is 2.19. The van der Waals surface area contributed by atoms with Gasteiger partial charge in [0.1, 0.15) is 5.82 Å². The predicted octanol–water partition coefficient (Wildman–Crippen LogP) is 1.33. The van der Waals surface area contributed by atoms with Crippen LogP contribution in [0.1, 0.15) is 45.2 Å². The van der Waals surface area contributed by atoms with Crippen LogP contribution in [-0.2, 0) is 7.05 Å². The molecule has 1 heterocycles. The zero-order chi connectivity index (χ0) is 12.3. The minimum absolute atomic E-state index is 0.0768. The van der Waals surface area contributed by atoms with Gasteiger partial charge >= 0.3 is 0 Å². The molecular formula is C11H23N5. The van der Waals surface area contributed by atoms with Crippen molar-refractivity contribution in [2.24, 2.45) is 18.3 Å². The molecule has 0 radical (unpaired) electrons. The zero-order valence-electron chi connectivity index (χ0n) is 10.6. The molecule has 1 aromatic rings. The van der Waals surface area contributed by atoms with E-state index in [0.29, 0.717) is 11.2 Å². The topological polar surface area (TPSA) is 81.9 Å². The van der Waals surface area contributed by atoms with E-state index in [1.165, 1.54) is 0 Å². The first-order valence-corrected chi connectivity index (χ1v) is 5.58. The molecule has 1 atom stereocenters. The molecular weight excluding hydrogens is 202 g/mol. The van der Waals surface area contributed by atoms with Crippen LogP contribution in [0.25, 0.3) is 0 Å². The van der Waals surface area contributed by atoms with Crippen molar-refractivity contribution >= 4 is 5.82 Å². The molecule has 92 valence electrons. The average Bonchev–Trinajstić information content (AvgIpc) is 2.49. The highest BCUT2D eigenvalue weighted by Crippen LogP contribution is 2.28. The van der Waals surface area contributed by atoms with Gasteiger partial charge in [-0.15, -0.1) is 0 Å². The van der Waals surface area contributed by atoms with E-state index in [1.807, 2.05) is 7.05 Å². The van der Waals surface area contributed by atoms with E-state index in [-0.39, 0.29) is 6.04 Å². The van der Waals surface area contributed by atoms with E-state index in [0.717, 1.165) is 18.4 Å². The lowest BCUT2D eigenvalue weighted by molar-refractivity contribution is 0.333. The van der Waals surface area contributed by atoms with Crippen LogP contribution in [0, 0.1) is 5.41 Å². The molecule has 0 saturated carbocycles. The molecule has 5 heteroatoms. The number of aryl methyl sites for hydroxylation is 1. The Bertz CT molecular complexity index is 337. The number of nitrogens with two attached hydrogens (primary N) is 2. The second-order valence-electron chi connectivity index (χ2n) is 5.43. The molecule has 0 aromatic carbocycles. The third kappa shape index (κ3) is 3.21. The van der Waals surface area contributed by atoms with Crippen LogP contribution in [0.5, 0.6) is 0 Å². The Morgan fingerprint density at radius 3 is 2.50 bits per heavy atom. The highest BCUT2D eigenvalue weighted by atomic mass is 15.3. The van der Waals surface area contributed by atoms with Gasteiger partial charge in [0.2, 0.25) is 0 Å². The van der Waals surface area contributed by atoms with Crippen molar-refractivity contribution in [3.05, 3.63) is 11.8 Å². The third-order valence-corrected chi connectivity index (χ3v) is 2.77. The lowest BCUT2D eigenvalue weighted by Gasteiger charge is -2.22. The smallest absolute Gasteiger partial charge is 0.126 e. The molecule has 1 unspecified atom stereocenters. The summed E-state index contributed by atoms with van der Waals surface area (Å²) in [6.07, 6.45) is 3.81. The first-order valence-electron chi connectivity index (χ1n) is 5.58. The van der Waals surface area contributed by atoms with Crippen molar-refractivity contribution in [1.29, 1.82) is 0 Å². The monoisotopic (exact) mass is 225 g/mol. The van der Waals surface area contributed by atoms with Crippen LogP contribution in [0.3, 0.4) is 0 Å². The molecule has 0 bridgehead atoms. The summed E-state index contributed by atoms with van der Waals surface area (Å²) in [6.45, 7) is 6.65. The molecule has 0 saturated heterocycles. The maximum atomic E-state index is 5.92. The quantitative estimate of drug-likeness (QED) is 0.533. The molecule has 0 aliphatic carbocycles. The Hall–Kier alpha value is -1.07. The van der Waals surface area contributed by atoms with Gasteiger partial charge in [-0.1, -0.05) is 20.8 Å². The summed E-state index contributed by atoms with van der Waals surface area (Å²) in [5.74, 6) is 6.25. The predicted molar refractivity (Wildman–Crippen MR) is 66.4 cm³/mol.